The summed E-state index contributed by atoms with van der Waals surface area (Å²) in [4.78, 5) is 4.18. The van der Waals surface area contributed by atoms with Crippen LogP contribution >= 0.6 is 11.3 Å². The molecule has 1 aromatic rings. The minimum absolute atomic E-state index is 0.129. The summed E-state index contributed by atoms with van der Waals surface area (Å²) in [6, 6.07) is 0.357. The average molecular weight is 186 g/mol. The van der Waals surface area contributed by atoms with Crippen LogP contribution in [-0.4, -0.2) is 22.7 Å². The molecule has 0 saturated carbocycles. The van der Waals surface area contributed by atoms with E-state index >= 15 is 0 Å². The van der Waals surface area contributed by atoms with Gasteiger partial charge in [0.25, 0.3) is 0 Å². The number of aliphatic hydroxyl groups is 1. The second kappa shape index (κ2) is 4.54. The van der Waals surface area contributed by atoms with Gasteiger partial charge in [0.1, 0.15) is 5.01 Å². The van der Waals surface area contributed by atoms with Gasteiger partial charge in [-0.15, -0.1) is 11.3 Å². The van der Waals surface area contributed by atoms with Crippen molar-refractivity contribution < 1.29 is 5.11 Å². The number of thiazole rings is 1. The molecule has 0 fully saturated rings. The van der Waals surface area contributed by atoms with Gasteiger partial charge in [-0.2, -0.15) is 0 Å². The summed E-state index contributed by atoms with van der Waals surface area (Å²) < 4.78 is 0. The Balaban J connectivity index is 2.44. The van der Waals surface area contributed by atoms with Gasteiger partial charge in [0, 0.05) is 17.6 Å². The number of hydrogen-bond acceptors (Lipinski definition) is 4. The zero-order valence-electron chi connectivity index (χ0n) is 7.32. The molecule has 0 radical (unpaired) electrons. The first-order valence-corrected chi connectivity index (χ1v) is 4.88. The summed E-state index contributed by atoms with van der Waals surface area (Å²) in [5.41, 5.74) is 0. The van der Waals surface area contributed by atoms with Crippen LogP contribution in [0.3, 0.4) is 0 Å². The number of nitrogens with zero attached hydrogens (tertiary/aromatic N) is 1. The third-order valence-electron chi connectivity index (χ3n) is 1.63. The van der Waals surface area contributed by atoms with Crippen molar-refractivity contribution in [3.05, 3.63) is 16.6 Å². The highest BCUT2D eigenvalue weighted by atomic mass is 32.1. The molecule has 4 heteroatoms. The molecule has 0 amide bonds. The lowest BCUT2D eigenvalue weighted by molar-refractivity contribution is 0.243. The molecule has 0 aliphatic rings. The van der Waals surface area contributed by atoms with Crippen molar-refractivity contribution >= 4 is 11.3 Å². The van der Waals surface area contributed by atoms with Gasteiger partial charge in [0.2, 0.25) is 0 Å². The molecule has 0 aliphatic heterocycles. The van der Waals surface area contributed by atoms with Gasteiger partial charge in [-0.05, 0) is 13.8 Å². The summed E-state index contributed by atoms with van der Waals surface area (Å²) in [5.74, 6) is 0. The first-order chi connectivity index (χ1) is 5.74. The molecule has 1 rings (SSSR count). The fourth-order valence-electron chi connectivity index (χ4n) is 0.999. The molecular weight excluding hydrogens is 172 g/mol. The molecule has 2 atom stereocenters. The zero-order valence-corrected chi connectivity index (χ0v) is 8.14. The monoisotopic (exact) mass is 186 g/mol. The minimum atomic E-state index is 0.129. The number of rotatable bonds is 4. The quantitative estimate of drug-likeness (QED) is 0.742. The molecule has 1 heterocycles. The summed E-state index contributed by atoms with van der Waals surface area (Å²) in [7, 11) is 0. The van der Waals surface area contributed by atoms with Crippen LogP contribution in [0, 0.1) is 0 Å². The summed E-state index contributed by atoms with van der Waals surface area (Å²) >= 11 is 1.63. The summed E-state index contributed by atoms with van der Waals surface area (Å²) in [5, 5.41) is 15.1. The van der Waals surface area contributed by atoms with Crippen LogP contribution in [0.5, 0.6) is 0 Å². The Kier molecular flexibility index (Phi) is 3.65. The molecule has 0 unspecified atom stereocenters. The lowest BCUT2D eigenvalue weighted by Crippen LogP contribution is -2.31. The summed E-state index contributed by atoms with van der Waals surface area (Å²) in [6.45, 7) is 4.16. The standard InChI is InChI=1S/C8H14N2OS/c1-6(5-11)10-7(2)8-9-3-4-12-8/h3-4,6-7,10-11H,5H2,1-2H3/t6-,7-/m0/s1. The fourth-order valence-corrected chi connectivity index (χ4v) is 1.65. The number of nitrogens with one attached hydrogen (secondary N) is 1. The van der Waals surface area contributed by atoms with Gasteiger partial charge in [0.15, 0.2) is 0 Å². The SMILES string of the molecule is C[C@H](N[C@@H](C)CO)c1nccs1. The van der Waals surface area contributed by atoms with Crippen molar-refractivity contribution in [2.45, 2.75) is 25.9 Å². The van der Waals surface area contributed by atoms with E-state index < -0.39 is 0 Å². The van der Waals surface area contributed by atoms with Crippen molar-refractivity contribution in [2.24, 2.45) is 0 Å². The topological polar surface area (TPSA) is 45.1 Å². The van der Waals surface area contributed by atoms with Crippen LogP contribution in [0.25, 0.3) is 0 Å². The van der Waals surface area contributed by atoms with Gasteiger partial charge in [0.05, 0.1) is 12.6 Å². The Bertz CT molecular complexity index is 213. The zero-order chi connectivity index (χ0) is 8.97. The maximum atomic E-state index is 8.80. The first-order valence-electron chi connectivity index (χ1n) is 4.00. The van der Waals surface area contributed by atoms with Crippen molar-refractivity contribution in [3.8, 4) is 0 Å². The van der Waals surface area contributed by atoms with Crippen LogP contribution in [0.15, 0.2) is 11.6 Å². The van der Waals surface area contributed by atoms with E-state index in [1.54, 1.807) is 17.5 Å². The van der Waals surface area contributed by atoms with E-state index in [2.05, 4.69) is 10.3 Å². The molecule has 1 aromatic heterocycles. The maximum Gasteiger partial charge on any atom is 0.109 e. The smallest absolute Gasteiger partial charge is 0.109 e. The summed E-state index contributed by atoms with van der Waals surface area (Å²) in [6.07, 6.45) is 1.79. The maximum absolute atomic E-state index is 8.80. The van der Waals surface area contributed by atoms with Crippen LogP contribution in [-0.2, 0) is 0 Å². The van der Waals surface area contributed by atoms with E-state index in [0.29, 0.717) is 0 Å². The molecule has 0 aliphatic carbocycles. The number of aliphatic hydroxyl groups excluding tert-OH is 1. The van der Waals surface area contributed by atoms with E-state index in [9.17, 15) is 0 Å². The van der Waals surface area contributed by atoms with Crippen LogP contribution < -0.4 is 5.32 Å². The van der Waals surface area contributed by atoms with E-state index in [1.165, 1.54) is 0 Å². The predicted molar refractivity (Wildman–Crippen MR) is 50.2 cm³/mol. The molecule has 0 spiro atoms. The molecule has 2 N–H and O–H groups in total. The Labute approximate surface area is 76.5 Å². The van der Waals surface area contributed by atoms with Crippen molar-refractivity contribution in [2.75, 3.05) is 6.61 Å². The van der Waals surface area contributed by atoms with Gasteiger partial charge in [-0.3, -0.25) is 0 Å². The highest BCUT2D eigenvalue weighted by molar-refractivity contribution is 7.09. The Hall–Kier alpha value is -0.450. The van der Waals surface area contributed by atoms with Crippen molar-refractivity contribution in [1.82, 2.24) is 10.3 Å². The minimum Gasteiger partial charge on any atom is -0.395 e. The molecule has 0 saturated heterocycles. The number of hydrogen-bond donors (Lipinski definition) is 2. The van der Waals surface area contributed by atoms with E-state index in [4.69, 9.17) is 5.11 Å². The van der Waals surface area contributed by atoms with Gasteiger partial charge in [-0.1, -0.05) is 0 Å². The highest BCUT2D eigenvalue weighted by Gasteiger charge is 2.09. The Morgan fingerprint density at radius 1 is 1.67 bits per heavy atom. The molecule has 12 heavy (non-hydrogen) atoms. The highest BCUT2D eigenvalue weighted by Crippen LogP contribution is 2.14. The van der Waals surface area contributed by atoms with E-state index in [0.717, 1.165) is 5.01 Å². The molecule has 68 valence electrons. The second-order valence-electron chi connectivity index (χ2n) is 2.84. The van der Waals surface area contributed by atoms with Gasteiger partial charge >= 0.3 is 0 Å². The number of aromatic nitrogens is 1. The fraction of sp³-hybridized carbons (Fsp3) is 0.625. The van der Waals surface area contributed by atoms with Crippen LogP contribution in [0.1, 0.15) is 24.9 Å². The molecule has 0 aromatic carbocycles. The van der Waals surface area contributed by atoms with Crippen LogP contribution in [0.4, 0.5) is 0 Å². The second-order valence-corrected chi connectivity index (χ2v) is 3.77. The Morgan fingerprint density at radius 2 is 2.42 bits per heavy atom. The third kappa shape index (κ3) is 2.55. The van der Waals surface area contributed by atoms with Crippen LogP contribution in [0.2, 0.25) is 0 Å². The molecule has 3 nitrogen and oxygen atoms in total. The normalized spacial score (nSPS) is 15.9. The lowest BCUT2D eigenvalue weighted by Gasteiger charge is -2.15. The van der Waals surface area contributed by atoms with E-state index in [1.807, 2.05) is 19.2 Å². The van der Waals surface area contributed by atoms with E-state index in [-0.39, 0.29) is 18.7 Å². The van der Waals surface area contributed by atoms with Gasteiger partial charge < -0.3 is 10.4 Å². The predicted octanol–water partition coefficient (Wildman–Crippen LogP) is 1.17. The third-order valence-corrected chi connectivity index (χ3v) is 2.59. The first kappa shape index (κ1) is 9.64. The van der Waals surface area contributed by atoms with Gasteiger partial charge in [-0.25, -0.2) is 4.98 Å². The largest absolute Gasteiger partial charge is 0.395 e. The average Bonchev–Trinajstić information content (AvgIpc) is 2.56. The van der Waals surface area contributed by atoms with Crippen molar-refractivity contribution in [1.29, 1.82) is 0 Å². The van der Waals surface area contributed by atoms with Crippen molar-refractivity contribution in [3.63, 3.8) is 0 Å². The molecular formula is C8H14N2OS. The molecule has 0 bridgehead atoms. The lowest BCUT2D eigenvalue weighted by atomic mass is 10.3. The Morgan fingerprint density at radius 3 is 2.92 bits per heavy atom.